The Morgan fingerprint density at radius 3 is 1.66 bits per heavy atom. The Balaban J connectivity index is 0.00000497. The van der Waals surface area contributed by atoms with E-state index in [4.69, 9.17) is 24.6 Å². The third-order valence-electron chi connectivity index (χ3n) is 4.13. The number of hydrogen-bond donors (Lipinski definition) is 0. The van der Waals surface area contributed by atoms with Crippen molar-refractivity contribution in [2.45, 2.75) is 42.0 Å². The summed E-state index contributed by atoms with van der Waals surface area (Å²) in [6, 6.07) is 6.06. The molecular weight excluding hydrogens is 435 g/mol. The quantitative estimate of drug-likeness (QED) is 0.283. The smallest absolute Gasteiger partial charge is 0.338 e. The summed E-state index contributed by atoms with van der Waals surface area (Å²) in [5, 5.41) is 0. The molecule has 9 heteroatoms. The second-order valence-corrected chi connectivity index (χ2v) is 11.0. The van der Waals surface area contributed by atoms with Crippen LogP contribution in [-0.2, 0) is 27.8 Å². The van der Waals surface area contributed by atoms with Crippen molar-refractivity contribution in [3.63, 3.8) is 0 Å². The molecule has 0 heterocycles. The number of carbonyl (C=O) groups is 2. The van der Waals surface area contributed by atoms with Gasteiger partial charge >= 0.3 is 19.5 Å². The predicted molar refractivity (Wildman–Crippen MR) is 124 cm³/mol. The van der Waals surface area contributed by atoms with Crippen molar-refractivity contribution in [1.29, 1.82) is 0 Å². The van der Waals surface area contributed by atoms with E-state index in [1.807, 2.05) is 27.7 Å². The normalized spacial score (nSPS) is 13.8. The van der Waals surface area contributed by atoms with Crippen LogP contribution in [0.2, 0.25) is 0 Å². The lowest BCUT2D eigenvalue weighted by atomic mass is 9.96. The van der Waals surface area contributed by atoms with Crippen LogP contribution in [0.5, 0.6) is 0 Å². The van der Waals surface area contributed by atoms with E-state index in [0.29, 0.717) is 17.7 Å². The SMILES string of the molecule is CCOP(C)(=O)OCC(C)(C)COC(=O)c1ccc(C(=O)OCC(C)(C)COC)cc1.[3H]C. The van der Waals surface area contributed by atoms with Gasteiger partial charge in [-0.05, 0) is 31.2 Å². The van der Waals surface area contributed by atoms with Gasteiger partial charge in [0, 0.05) is 26.0 Å². The van der Waals surface area contributed by atoms with E-state index in [2.05, 4.69) is 0 Å². The van der Waals surface area contributed by atoms with Gasteiger partial charge in [0.05, 0.1) is 44.2 Å². The number of carbonyl (C=O) groups excluding carboxylic acids is 2. The van der Waals surface area contributed by atoms with E-state index in [-0.39, 0.29) is 31.8 Å². The van der Waals surface area contributed by atoms with Gasteiger partial charge < -0.3 is 23.3 Å². The largest absolute Gasteiger partial charge is 0.461 e. The molecule has 32 heavy (non-hydrogen) atoms. The van der Waals surface area contributed by atoms with Gasteiger partial charge in [0.15, 0.2) is 0 Å². The summed E-state index contributed by atoms with van der Waals surface area (Å²) >= 11 is 0. The number of benzene rings is 1. The number of esters is 2. The Morgan fingerprint density at radius 2 is 1.28 bits per heavy atom. The molecule has 1 rings (SSSR count). The van der Waals surface area contributed by atoms with Gasteiger partial charge in [0.25, 0.3) is 0 Å². The molecular formula is C23H39O8P. The molecule has 0 N–H and O–H groups in total. The maximum absolute atomic E-state index is 12.3. The molecule has 0 fully saturated rings. The van der Waals surface area contributed by atoms with E-state index in [1.165, 1.54) is 38.3 Å². The fourth-order valence-electron chi connectivity index (χ4n) is 2.47. The molecule has 184 valence electrons. The fourth-order valence-corrected chi connectivity index (χ4v) is 3.60. The molecule has 1 aromatic rings. The Hall–Kier alpha value is -1.73. The van der Waals surface area contributed by atoms with Crippen LogP contribution in [0.1, 0.15) is 64.1 Å². The van der Waals surface area contributed by atoms with E-state index < -0.39 is 24.9 Å². The second-order valence-electron chi connectivity index (χ2n) is 8.95. The monoisotopic (exact) mass is 476 g/mol. The summed E-state index contributed by atoms with van der Waals surface area (Å²) < 4.78 is 44.0. The van der Waals surface area contributed by atoms with Crippen molar-refractivity contribution in [2.24, 2.45) is 10.8 Å². The van der Waals surface area contributed by atoms with Crippen LogP contribution in [0.25, 0.3) is 0 Å². The van der Waals surface area contributed by atoms with E-state index in [0.717, 1.165) is 0 Å². The topological polar surface area (TPSA) is 97.4 Å². The first kappa shape index (κ1) is 28.3. The minimum atomic E-state index is -3.12. The molecule has 0 amide bonds. The first-order valence-corrected chi connectivity index (χ1v) is 12.1. The van der Waals surface area contributed by atoms with Crippen LogP contribution in [0, 0.1) is 10.8 Å². The van der Waals surface area contributed by atoms with Crippen molar-refractivity contribution >= 4 is 19.5 Å². The molecule has 1 atom stereocenters. The highest BCUT2D eigenvalue weighted by Crippen LogP contribution is 2.45. The summed E-state index contributed by atoms with van der Waals surface area (Å²) in [6.45, 7) is 11.8. The first-order valence-electron chi connectivity index (χ1n) is 11.1. The van der Waals surface area contributed by atoms with E-state index in [1.54, 1.807) is 14.0 Å². The molecule has 8 nitrogen and oxygen atoms in total. The molecule has 0 aliphatic carbocycles. The van der Waals surface area contributed by atoms with Crippen molar-refractivity contribution in [3.8, 4) is 0 Å². The van der Waals surface area contributed by atoms with Gasteiger partial charge in [-0.15, -0.1) is 0 Å². The van der Waals surface area contributed by atoms with Crippen LogP contribution >= 0.6 is 7.60 Å². The van der Waals surface area contributed by atoms with Crippen LogP contribution < -0.4 is 0 Å². The highest BCUT2D eigenvalue weighted by molar-refractivity contribution is 7.52. The molecule has 0 aliphatic rings. The standard InChI is InChI=1S/C22H35O8P.CH4/c1-8-29-31(7,25)30-16-22(4,5)15-28-20(24)18-11-9-17(10-12-18)19(23)27-14-21(2,3)13-26-6;/h9-12H,8,13-16H2,1-7H3;1H4/i;1T. The highest BCUT2D eigenvalue weighted by Gasteiger charge is 2.26. The molecule has 0 radical (unpaired) electrons. The molecule has 1 unspecified atom stereocenters. The summed E-state index contributed by atoms with van der Waals surface area (Å²) in [5.74, 6) is -1.00. The highest BCUT2D eigenvalue weighted by atomic mass is 31.2. The van der Waals surface area contributed by atoms with Gasteiger partial charge in [0.1, 0.15) is 0 Å². The minimum absolute atomic E-state index is 0.0658. The summed E-state index contributed by atoms with van der Waals surface area (Å²) in [7, 11) is -0.275. The molecule has 0 aromatic heterocycles. The van der Waals surface area contributed by atoms with Gasteiger partial charge in [0.2, 0.25) is 0 Å². The van der Waals surface area contributed by atoms with Crippen molar-refractivity contribution in [2.75, 3.05) is 46.8 Å². The Bertz CT molecular complexity index is 777. The van der Waals surface area contributed by atoms with Gasteiger partial charge in [-0.2, -0.15) is 0 Å². The first-order chi connectivity index (χ1) is 15.3. The fraction of sp³-hybridized carbons (Fsp3) is 0.652. The Labute approximate surface area is 193 Å². The lowest BCUT2D eigenvalue weighted by Gasteiger charge is -2.25. The third-order valence-corrected chi connectivity index (χ3v) is 5.46. The number of rotatable bonds is 13. The number of ether oxygens (including phenoxy) is 3. The van der Waals surface area contributed by atoms with Crippen LogP contribution in [0.15, 0.2) is 24.3 Å². The molecule has 1 aromatic carbocycles. The molecule has 0 aliphatic heterocycles. The molecule has 0 saturated carbocycles. The molecule has 0 spiro atoms. The van der Waals surface area contributed by atoms with Crippen molar-refractivity contribution < 1.29 is 38.8 Å². The average molecular weight is 477 g/mol. The second kappa shape index (κ2) is 13.1. The lowest BCUT2D eigenvalue weighted by molar-refractivity contribution is 0.0135. The maximum atomic E-state index is 12.3. The predicted octanol–water partition coefficient (Wildman–Crippen LogP) is 5.21. The molecule has 0 saturated heterocycles. The number of methoxy groups -OCH3 is 1. The van der Waals surface area contributed by atoms with Gasteiger partial charge in [-0.1, -0.05) is 35.1 Å². The van der Waals surface area contributed by atoms with E-state index in [9.17, 15) is 14.2 Å². The zero-order valence-electron chi connectivity index (χ0n) is 21.6. The van der Waals surface area contributed by atoms with Gasteiger partial charge in [-0.3, -0.25) is 4.57 Å². The summed E-state index contributed by atoms with van der Waals surface area (Å²) in [6.07, 6.45) is 0. The Morgan fingerprint density at radius 1 is 0.875 bits per heavy atom. The van der Waals surface area contributed by atoms with Crippen molar-refractivity contribution in [3.05, 3.63) is 35.4 Å². The minimum Gasteiger partial charge on any atom is -0.461 e. The lowest BCUT2D eigenvalue weighted by Crippen LogP contribution is -2.27. The zero-order valence-corrected chi connectivity index (χ0v) is 21.5. The summed E-state index contributed by atoms with van der Waals surface area (Å²) in [5.41, 5.74) is -0.202. The van der Waals surface area contributed by atoms with Gasteiger partial charge in [-0.25, -0.2) is 9.59 Å². The van der Waals surface area contributed by atoms with Crippen LogP contribution in [0.4, 0.5) is 0 Å². The molecule has 0 bridgehead atoms. The third kappa shape index (κ3) is 11.2. The van der Waals surface area contributed by atoms with Crippen LogP contribution in [0.3, 0.4) is 0 Å². The maximum Gasteiger partial charge on any atom is 0.338 e. The summed E-state index contributed by atoms with van der Waals surface area (Å²) in [4.78, 5) is 24.5. The number of hydrogen-bond acceptors (Lipinski definition) is 8. The van der Waals surface area contributed by atoms with Crippen molar-refractivity contribution in [1.82, 2.24) is 0 Å². The average Bonchev–Trinajstić information content (AvgIpc) is 2.76. The zero-order chi connectivity index (χ0) is 25.7. The van der Waals surface area contributed by atoms with Crippen LogP contribution in [-0.4, -0.2) is 58.7 Å². The Kier molecular flexibility index (Phi) is 11.6. The van der Waals surface area contributed by atoms with E-state index >= 15 is 0 Å².